The summed E-state index contributed by atoms with van der Waals surface area (Å²) in [7, 11) is 3.55. The summed E-state index contributed by atoms with van der Waals surface area (Å²) in [6.45, 7) is 7.58. The Morgan fingerprint density at radius 1 is 1.65 bits per heavy atom. The third-order valence-corrected chi connectivity index (χ3v) is 3.72. The summed E-state index contributed by atoms with van der Waals surface area (Å²) < 4.78 is 15.2. The molecule has 1 aromatic rings. The van der Waals surface area contributed by atoms with Gasteiger partial charge in [-0.05, 0) is 19.4 Å². The molecule has 0 saturated carbocycles. The molecule has 1 unspecified atom stereocenters. The van der Waals surface area contributed by atoms with E-state index in [-0.39, 0.29) is 0 Å². The van der Waals surface area contributed by atoms with E-state index >= 15 is 0 Å². The predicted octanol–water partition coefficient (Wildman–Crippen LogP) is 1.85. The lowest BCUT2D eigenvalue weighted by atomic mass is 10.1. The fourth-order valence-electron chi connectivity index (χ4n) is 1.44. The van der Waals surface area contributed by atoms with Gasteiger partial charge in [0.05, 0.1) is 5.69 Å². The molecule has 0 aromatic carbocycles. The lowest BCUT2D eigenvalue weighted by Gasteiger charge is -2.09. The lowest BCUT2D eigenvalue weighted by Crippen LogP contribution is -2.22. The molecule has 0 N–H and O–H groups in total. The second-order valence-corrected chi connectivity index (χ2v) is 5.48. The van der Waals surface area contributed by atoms with Gasteiger partial charge in [-0.25, -0.2) is 17.5 Å². The second kappa shape index (κ2) is 5.93. The van der Waals surface area contributed by atoms with Crippen LogP contribution in [0.1, 0.15) is 18.4 Å². The molecule has 94 valence electrons. The maximum absolute atomic E-state index is 11.9. The molecular formula is C12H19N3OS. The smallest absolute Gasteiger partial charge is 0.203 e. The monoisotopic (exact) mass is 253 g/mol. The zero-order valence-electron chi connectivity index (χ0n) is 10.8. The number of aryl methyl sites for hydroxylation is 1. The highest BCUT2D eigenvalue weighted by atomic mass is 32.2. The second-order valence-electron chi connectivity index (χ2n) is 3.89. The van der Waals surface area contributed by atoms with Crippen molar-refractivity contribution in [1.82, 2.24) is 13.3 Å². The van der Waals surface area contributed by atoms with E-state index in [2.05, 4.69) is 11.6 Å². The number of nitrogens with zero attached hydrogens (tertiary/aromatic N) is 3. The van der Waals surface area contributed by atoms with E-state index in [9.17, 15) is 4.21 Å². The standard InChI is InChI=1S/C12H19N3OS/c1-6-11(7-2)8-12-9-15(10(3)13-12)17(16)14(4)5/h6-7,9H,1,8H2,2-5H3/b11-7+. The number of hydrogen-bond donors (Lipinski definition) is 0. The van der Waals surface area contributed by atoms with E-state index in [1.54, 1.807) is 22.4 Å². The van der Waals surface area contributed by atoms with Gasteiger partial charge in [-0.2, -0.15) is 0 Å². The molecule has 1 atom stereocenters. The summed E-state index contributed by atoms with van der Waals surface area (Å²) in [4.78, 5) is 4.40. The van der Waals surface area contributed by atoms with Gasteiger partial charge in [-0.1, -0.05) is 18.7 Å². The normalized spacial score (nSPS) is 14.1. The number of imidazole rings is 1. The first kappa shape index (κ1) is 13.9. The highest BCUT2D eigenvalue weighted by molar-refractivity contribution is 7.81. The molecule has 1 aromatic heterocycles. The molecule has 1 heterocycles. The van der Waals surface area contributed by atoms with E-state index in [0.717, 1.165) is 23.5 Å². The summed E-state index contributed by atoms with van der Waals surface area (Å²) >= 11 is -1.20. The van der Waals surface area contributed by atoms with E-state index in [1.807, 2.05) is 32.2 Å². The molecule has 0 aliphatic carbocycles. The lowest BCUT2D eigenvalue weighted by molar-refractivity contribution is 0.592. The van der Waals surface area contributed by atoms with Crippen LogP contribution in [0, 0.1) is 6.92 Å². The van der Waals surface area contributed by atoms with E-state index in [0.29, 0.717) is 0 Å². The maximum atomic E-state index is 11.9. The Bertz CT molecular complexity index is 460. The Balaban J connectivity index is 2.96. The van der Waals surface area contributed by atoms with Crippen molar-refractivity contribution in [2.45, 2.75) is 20.3 Å². The van der Waals surface area contributed by atoms with Crippen LogP contribution in [0.25, 0.3) is 0 Å². The first-order chi connectivity index (χ1) is 7.99. The molecule has 4 nitrogen and oxygen atoms in total. The topological polar surface area (TPSA) is 38.1 Å². The van der Waals surface area contributed by atoms with Crippen LogP contribution >= 0.6 is 0 Å². The van der Waals surface area contributed by atoms with Crippen molar-refractivity contribution in [3.05, 3.63) is 42.0 Å². The van der Waals surface area contributed by atoms with Crippen LogP contribution in [0.5, 0.6) is 0 Å². The molecule has 1 rings (SSSR count). The van der Waals surface area contributed by atoms with Crippen molar-refractivity contribution in [3.8, 4) is 0 Å². The number of aromatic nitrogens is 2. The Morgan fingerprint density at radius 2 is 2.29 bits per heavy atom. The third-order valence-electron chi connectivity index (χ3n) is 2.39. The van der Waals surface area contributed by atoms with Crippen molar-refractivity contribution in [2.75, 3.05) is 14.1 Å². The van der Waals surface area contributed by atoms with Gasteiger partial charge in [-0.3, -0.25) is 0 Å². The molecular weight excluding hydrogens is 234 g/mol. The van der Waals surface area contributed by atoms with Gasteiger partial charge in [0, 0.05) is 26.7 Å². The van der Waals surface area contributed by atoms with Crippen LogP contribution in [0.2, 0.25) is 0 Å². The zero-order valence-corrected chi connectivity index (χ0v) is 11.6. The minimum Gasteiger partial charge on any atom is -0.240 e. The molecule has 17 heavy (non-hydrogen) atoms. The number of rotatable bonds is 5. The first-order valence-electron chi connectivity index (χ1n) is 5.41. The number of hydrogen-bond acceptors (Lipinski definition) is 2. The van der Waals surface area contributed by atoms with Gasteiger partial charge >= 0.3 is 0 Å². The summed E-state index contributed by atoms with van der Waals surface area (Å²) in [6, 6.07) is 0. The van der Waals surface area contributed by atoms with Gasteiger partial charge in [0.2, 0.25) is 11.2 Å². The molecule has 0 aliphatic rings. The Kier molecular flexibility index (Phi) is 4.84. The van der Waals surface area contributed by atoms with Gasteiger partial charge in [0.15, 0.2) is 0 Å². The van der Waals surface area contributed by atoms with Gasteiger partial charge in [0.25, 0.3) is 0 Å². The Labute approximate surface area is 105 Å². The molecule has 0 bridgehead atoms. The van der Waals surface area contributed by atoms with E-state index in [4.69, 9.17) is 0 Å². The van der Waals surface area contributed by atoms with E-state index < -0.39 is 11.2 Å². The highest BCUT2D eigenvalue weighted by Gasteiger charge is 2.11. The van der Waals surface area contributed by atoms with Crippen molar-refractivity contribution >= 4 is 11.2 Å². The summed E-state index contributed by atoms with van der Waals surface area (Å²) in [6.07, 6.45) is 6.37. The van der Waals surface area contributed by atoms with Crippen LogP contribution in [-0.4, -0.2) is 31.6 Å². The molecule has 0 spiro atoms. The highest BCUT2D eigenvalue weighted by Crippen LogP contribution is 2.11. The van der Waals surface area contributed by atoms with Crippen molar-refractivity contribution in [1.29, 1.82) is 0 Å². The van der Waals surface area contributed by atoms with Crippen LogP contribution in [0.4, 0.5) is 0 Å². The van der Waals surface area contributed by atoms with Crippen molar-refractivity contribution in [2.24, 2.45) is 0 Å². The SMILES string of the molecule is C=C/C(=C\C)Cc1cn(S(=O)N(C)C)c(C)n1. The van der Waals surface area contributed by atoms with Crippen LogP contribution in [0.3, 0.4) is 0 Å². The minimum atomic E-state index is -1.20. The van der Waals surface area contributed by atoms with Gasteiger partial charge < -0.3 is 0 Å². The molecule has 0 aliphatic heterocycles. The Morgan fingerprint density at radius 3 is 2.76 bits per heavy atom. The fourth-order valence-corrected chi connectivity index (χ4v) is 2.27. The fraction of sp³-hybridized carbons (Fsp3) is 0.417. The quantitative estimate of drug-likeness (QED) is 0.751. The van der Waals surface area contributed by atoms with E-state index in [1.165, 1.54) is 0 Å². The molecule has 5 heteroatoms. The summed E-state index contributed by atoms with van der Waals surface area (Å²) in [5.74, 6) is 0.756. The average Bonchev–Trinajstić information content (AvgIpc) is 2.65. The third kappa shape index (κ3) is 3.38. The molecule has 0 saturated heterocycles. The zero-order chi connectivity index (χ0) is 13.0. The summed E-state index contributed by atoms with van der Waals surface area (Å²) in [5, 5.41) is 0. The predicted molar refractivity (Wildman–Crippen MR) is 71.8 cm³/mol. The molecule has 0 fully saturated rings. The number of allylic oxidation sites excluding steroid dienone is 3. The first-order valence-corrected chi connectivity index (χ1v) is 6.48. The largest absolute Gasteiger partial charge is 0.240 e. The van der Waals surface area contributed by atoms with Gasteiger partial charge in [0.1, 0.15) is 5.82 Å². The summed E-state index contributed by atoms with van der Waals surface area (Å²) in [5.41, 5.74) is 2.02. The van der Waals surface area contributed by atoms with Gasteiger partial charge in [-0.15, -0.1) is 0 Å². The van der Waals surface area contributed by atoms with Crippen LogP contribution < -0.4 is 0 Å². The van der Waals surface area contributed by atoms with Crippen LogP contribution in [0.15, 0.2) is 30.5 Å². The average molecular weight is 253 g/mol. The Hall–Kier alpha value is -1.20. The maximum Gasteiger partial charge on any atom is 0.203 e. The van der Waals surface area contributed by atoms with Crippen LogP contribution in [-0.2, 0) is 17.6 Å². The molecule has 0 amide bonds. The molecule has 0 radical (unpaired) electrons. The van der Waals surface area contributed by atoms with Crippen molar-refractivity contribution < 1.29 is 4.21 Å². The minimum absolute atomic E-state index is 0.721. The van der Waals surface area contributed by atoms with Crippen molar-refractivity contribution in [3.63, 3.8) is 0 Å².